The minimum absolute atomic E-state index is 0.0145. The van der Waals surface area contributed by atoms with E-state index in [1.165, 1.54) is 13.3 Å². The summed E-state index contributed by atoms with van der Waals surface area (Å²) in [5.41, 5.74) is 1.31. The zero-order valence-electron chi connectivity index (χ0n) is 8.97. The van der Waals surface area contributed by atoms with Crippen molar-refractivity contribution in [3.63, 3.8) is 0 Å². The number of nitrogens with zero attached hydrogens (tertiary/aromatic N) is 3. The average molecular weight is 221 g/mol. The molecule has 2 rings (SSSR count). The average Bonchev–Trinajstić information content (AvgIpc) is 2.64. The van der Waals surface area contributed by atoms with Crippen molar-refractivity contribution in [2.75, 3.05) is 7.11 Å². The summed E-state index contributed by atoms with van der Waals surface area (Å²) in [5, 5.41) is 9.86. The maximum Gasteiger partial charge on any atom is 0.376 e. The maximum atomic E-state index is 11.2. The number of methoxy groups -OCH3 is 1. The Hall–Kier alpha value is -1.95. The molecule has 6 heteroatoms. The van der Waals surface area contributed by atoms with E-state index in [4.69, 9.17) is 5.11 Å². The van der Waals surface area contributed by atoms with Gasteiger partial charge in [-0.1, -0.05) is 0 Å². The highest BCUT2D eigenvalue weighted by atomic mass is 16.5. The molecule has 0 bridgehead atoms. The number of hydrogen-bond donors (Lipinski definition) is 1. The second kappa shape index (κ2) is 3.90. The van der Waals surface area contributed by atoms with Crippen molar-refractivity contribution >= 4 is 17.0 Å². The molecule has 2 heterocycles. The molecule has 0 unspecified atom stereocenters. The van der Waals surface area contributed by atoms with Crippen molar-refractivity contribution in [2.24, 2.45) is 7.05 Å². The molecule has 0 aliphatic carbocycles. The van der Waals surface area contributed by atoms with E-state index in [9.17, 15) is 4.79 Å². The molecule has 2 aromatic heterocycles. The van der Waals surface area contributed by atoms with E-state index in [-0.39, 0.29) is 12.4 Å². The fraction of sp³-hybridized carbons (Fsp3) is 0.300. The molecule has 0 spiro atoms. The Kier molecular flexibility index (Phi) is 2.57. The van der Waals surface area contributed by atoms with Crippen LogP contribution in [0.1, 0.15) is 16.3 Å². The van der Waals surface area contributed by atoms with Gasteiger partial charge in [0.25, 0.3) is 0 Å². The van der Waals surface area contributed by atoms with E-state index >= 15 is 0 Å². The number of aromatic nitrogens is 3. The van der Waals surface area contributed by atoms with Gasteiger partial charge in [0, 0.05) is 24.3 Å². The molecule has 2 aromatic rings. The molecule has 16 heavy (non-hydrogen) atoms. The lowest BCUT2D eigenvalue weighted by Gasteiger charge is -2.00. The monoisotopic (exact) mass is 221 g/mol. The van der Waals surface area contributed by atoms with Crippen molar-refractivity contribution in [3.05, 3.63) is 23.8 Å². The Morgan fingerprint density at radius 1 is 1.62 bits per heavy atom. The molecule has 0 atom stereocenters. The van der Waals surface area contributed by atoms with Gasteiger partial charge in [-0.3, -0.25) is 0 Å². The molecule has 0 aliphatic heterocycles. The fourth-order valence-corrected chi connectivity index (χ4v) is 1.51. The lowest BCUT2D eigenvalue weighted by atomic mass is 10.4. The van der Waals surface area contributed by atoms with Crippen molar-refractivity contribution in [2.45, 2.75) is 6.61 Å². The predicted molar refractivity (Wildman–Crippen MR) is 55.8 cm³/mol. The van der Waals surface area contributed by atoms with Crippen LogP contribution in [-0.4, -0.2) is 32.7 Å². The molecule has 0 saturated heterocycles. The number of carbonyl (C=O) groups is 1. The molecule has 0 radical (unpaired) electrons. The number of aliphatic hydroxyl groups excluding tert-OH is 1. The Morgan fingerprint density at radius 2 is 2.38 bits per heavy atom. The Labute approximate surface area is 91.5 Å². The fourth-order valence-electron chi connectivity index (χ4n) is 1.51. The first-order valence-electron chi connectivity index (χ1n) is 4.68. The number of ether oxygens (including phenoxy) is 1. The first kappa shape index (κ1) is 10.6. The molecular weight excluding hydrogens is 210 g/mol. The number of hydrogen-bond acceptors (Lipinski definition) is 5. The summed E-state index contributed by atoms with van der Waals surface area (Å²) >= 11 is 0. The van der Waals surface area contributed by atoms with Gasteiger partial charge >= 0.3 is 5.97 Å². The standard InChI is InChI=1S/C10H11N3O3/c1-13-7(5-14)3-6-4-11-8(10(15)16-2)12-9(6)13/h3-4,14H,5H2,1-2H3. The van der Waals surface area contributed by atoms with Crippen molar-refractivity contribution in [3.8, 4) is 0 Å². The molecule has 84 valence electrons. The largest absolute Gasteiger partial charge is 0.463 e. The third-order valence-corrected chi connectivity index (χ3v) is 2.40. The number of aliphatic hydroxyl groups is 1. The van der Waals surface area contributed by atoms with Crippen LogP contribution < -0.4 is 0 Å². The highest BCUT2D eigenvalue weighted by Gasteiger charge is 2.13. The minimum Gasteiger partial charge on any atom is -0.463 e. The summed E-state index contributed by atoms with van der Waals surface area (Å²) in [6.07, 6.45) is 1.54. The Balaban J connectivity index is 2.61. The smallest absolute Gasteiger partial charge is 0.376 e. The van der Waals surface area contributed by atoms with Gasteiger partial charge in [0.15, 0.2) is 0 Å². The van der Waals surface area contributed by atoms with E-state index in [1.807, 2.05) is 0 Å². The highest BCUT2D eigenvalue weighted by Crippen LogP contribution is 2.16. The summed E-state index contributed by atoms with van der Waals surface area (Å²) in [5.74, 6) is -0.561. The van der Waals surface area contributed by atoms with Crippen molar-refractivity contribution < 1.29 is 14.6 Å². The van der Waals surface area contributed by atoms with Crippen LogP contribution in [0.15, 0.2) is 12.3 Å². The normalized spacial score (nSPS) is 10.7. The third kappa shape index (κ3) is 1.53. The van der Waals surface area contributed by atoms with Crippen LogP contribution in [0.3, 0.4) is 0 Å². The molecule has 0 fully saturated rings. The first-order chi connectivity index (χ1) is 7.67. The molecule has 6 nitrogen and oxygen atoms in total. The van der Waals surface area contributed by atoms with Crippen LogP contribution in [0.2, 0.25) is 0 Å². The van der Waals surface area contributed by atoms with Gasteiger partial charge in [0.05, 0.1) is 13.7 Å². The molecule has 0 aliphatic rings. The zero-order chi connectivity index (χ0) is 11.7. The topological polar surface area (TPSA) is 77.2 Å². The first-order valence-corrected chi connectivity index (χ1v) is 4.68. The lowest BCUT2D eigenvalue weighted by Crippen LogP contribution is -2.08. The van der Waals surface area contributed by atoms with Crippen LogP contribution in [0.5, 0.6) is 0 Å². The summed E-state index contributed by atoms with van der Waals surface area (Å²) in [7, 11) is 3.04. The van der Waals surface area contributed by atoms with E-state index in [0.29, 0.717) is 11.3 Å². The van der Waals surface area contributed by atoms with Crippen LogP contribution in [0.25, 0.3) is 11.0 Å². The number of fused-ring (bicyclic) bond motifs is 1. The van der Waals surface area contributed by atoms with Crippen LogP contribution >= 0.6 is 0 Å². The number of rotatable bonds is 2. The maximum absolute atomic E-state index is 11.2. The Bertz CT molecular complexity index is 547. The van der Waals surface area contributed by atoms with E-state index < -0.39 is 5.97 Å². The lowest BCUT2D eigenvalue weighted by molar-refractivity contribution is 0.0587. The zero-order valence-corrected chi connectivity index (χ0v) is 8.97. The number of esters is 1. The van der Waals surface area contributed by atoms with E-state index in [1.54, 1.807) is 17.7 Å². The molecule has 0 saturated carbocycles. The predicted octanol–water partition coefficient (Wildman–Crippen LogP) is 0.247. The molecule has 1 N–H and O–H groups in total. The van der Waals surface area contributed by atoms with E-state index in [0.717, 1.165) is 5.39 Å². The molecular formula is C10H11N3O3. The minimum atomic E-state index is -0.575. The van der Waals surface area contributed by atoms with Gasteiger partial charge in [-0.15, -0.1) is 0 Å². The summed E-state index contributed by atoms with van der Waals surface area (Å²) in [4.78, 5) is 19.2. The summed E-state index contributed by atoms with van der Waals surface area (Å²) in [6, 6.07) is 1.77. The van der Waals surface area contributed by atoms with Gasteiger partial charge in [0.2, 0.25) is 5.82 Å². The third-order valence-electron chi connectivity index (χ3n) is 2.40. The number of aryl methyl sites for hydroxylation is 1. The van der Waals surface area contributed by atoms with Gasteiger partial charge < -0.3 is 14.4 Å². The number of carbonyl (C=O) groups excluding carboxylic acids is 1. The van der Waals surface area contributed by atoms with Crippen LogP contribution in [0, 0.1) is 0 Å². The summed E-state index contributed by atoms with van der Waals surface area (Å²) in [6.45, 7) is -0.0829. The highest BCUT2D eigenvalue weighted by molar-refractivity contribution is 5.88. The SMILES string of the molecule is COC(=O)c1ncc2cc(CO)n(C)c2n1. The van der Waals surface area contributed by atoms with Crippen LogP contribution in [0.4, 0.5) is 0 Å². The van der Waals surface area contributed by atoms with Gasteiger partial charge in [-0.2, -0.15) is 0 Å². The second-order valence-electron chi connectivity index (χ2n) is 3.32. The van der Waals surface area contributed by atoms with E-state index in [2.05, 4.69) is 14.7 Å². The summed E-state index contributed by atoms with van der Waals surface area (Å²) < 4.78 is 6.25. The quantitative estimate of drug-likeness (QED) is 0.735. The van der Waals surface area contributed by atoms with Gasteiger partial charge in [0.1, 0.15) is 5.65 Å². The Morgan fingerprint density at radius 3 is 3.00 bits per heavy atom. The second-order valence-corrected chi connectivity index (χ2v) is 3.32. The van der Waals surface area contributed by atoms with Crippen molar-refractivity contribution in [1.82, 2.24) is 14.5 Å². The van der Waals surface area contributed by atoms with Crippen molar-refractivity contribution in [1.29, 1.82) is 0 Å². The van der Waals surface area contributed by atoms with Crippen LogP contribution in [-0.2, 0) is 18.4 Å². The molecule has 0 amide bonds. The van der Waals surface area contributed by atoms with Gasteiger partial charge in [-0.25, -0.2) is 14.8 Å². The van der Waals surface area contributed by atoms with Gasteiger partial charge in [-0.05, 0) is 6.07 Å². The molecule has 0 aromatic carbocycles.